The molecule has 0 spiro atoms. The van der Waals surface area contributed by atoms with Crippen LogP contribution in [0.5, 0.6) is 0 Å². The topological polar surface area (TPSA) is 68.9 Å². The van der Waals surface area contributed by atoms with Gasteiger partial charge in [-0.2, -0.15) is 5.26 Å². The lowest BCUT2D eigenvalue weighted by Crippen LogP contribution is -2.12. The Hall–Kier alpha value is -2.38. The molecule has 0 saturated carbocycles. The standard InChI is InChI=1S/C14H13N3O/c15-8-12-6-7-13(9-16-12)17-10-14(18)11-4-2-1-3-5-11/h1-7,9,14,17-18H,10H2. The molecule has 0 saturated heterocycles. The van der Waals surface area contributed by atoms with E-state index in [4.69, 9.17) is 5.26 Å². The van der Waals surface area contributed by atoms with Crippen LogP contribution < -0.4 is 5.32 Å². The first-order valence-corrected chi connectivity index (χ1v) is 5.62. The molecule has 0 aliphatic rings. The van der Waals surface area contributed by atoms with Crippen LogP contribution >= 0.6 is 0 Å². The van der Waals surface area contributed by atoms with Crippen molar-refractivity contribution in [2.24, 2.45) is 0 Å². The SMILES string of the molecule is N#Cc1ccc(NCC(O)c2ccccc2)cn1. The molecule has 0 amide bonds. The smallest absolute Gasteiger partial charge is 0.140 e. The first-order chi connectivity index (χ1) is 8.79. The molecule has 0 bridgehead atoms. The molecule has 1 heterocycles. The van der Waals surface area contributed by atoms with Gasteiger partial charge in [0.25, 0.3) is 0 Å². The normalized spacial score (nSPS) is 11.6. The number of benzene rings is 1. The molecule has 4 nitrogen and oxygen atoms in total. The van der Waals surface area contributed by atoms with Crippen molar-refractivity contribution in [2.45, 2.75) is 6.10 Å². The molecule has 1 atom stereocenters. The third-order valence-electron chi connectivity index (χ3n) is 2.56. The molecular weight excluding hydrogens is 226 g/mol. The van der Waals surface area contributed by atoms with Gasteiger partial charge in [-0.25, -0.2) is 4.98 Å². The van der Waals surface area contributed by atoms with Crippen LogP contribution in [-0.2, 0) is 0 Å². The summed E-state index contributed by atoms with van der Waals surface area (Å²) in [4.78, 5) is 3.94. The average Bonchev–Trinajstić information content (AvgIpc) is 2.46. The molecule has 2 N–H and O–H groups in total. The van der Waals surface area contributed by atoms with Gasteiger partial charge in [-0.15, -0.1) is 0 Å². The van der Waals surface area contributed by atoms with Gasteiger partial charge in [0, 0.05) is 6.54 Å². The van der Waals surface area contributed by atoms with Crippen molar-refractivity contribution in [3.05, 3.63) is 59.9 Å². The van der Waals surface area contributed by atoms with Gasteiger partial charge in [-0.1, -0.05) is 30.3 Å². The van der Waals surface area contributed by atoms with E-state index in [0.29, 0.717) is 12.2 Å². The zero-order chi connectivity index (χ0) is 12.8. The van der Waals surface area contributed by atoms with E-state index in [2.05, 4.69) is 10.3 Å². The number of hydrogen-bond donors (Lipinski definition) is 2. The van der Waals surface area contributed by atoms with E-state index in [9.17, 15) is 5.11 Å². The fourth-order valence-corrected chi connectivity index (χ4v) is 1.57. The molecule has 4 heteroatoms. The maximum atomic E-state index is 9.95. The fourth-order valence-electron chi connectivity index (χ4n) is 1.57. The number of rotatable bonds is 4. The number of aliphatic hydroxyl groups is 1. The molecule has 1 aromatic carbocycles. The Morgan fingerprint density at radius 2 is 2.00 bits per heavy atom. The maximum Gasteiger partial charge on any atom is 0.140 e. The van der Waals surface area contributed by atoms with Gasteiger partial charge in [-0.05, 0) is 17.7 Å². The molecule has 1 aromatic heterocycles. The van der Waals surface area contributed by atoms with E-state index in [1.165, 1.54) is 0 Å². The molecule has 90 valence electrons. The summed E-state index contributed by atoms with van der Waals surface area (Å²) in [6.07, 6.45) is 1.01. The number of nitrogens with one attached hydrogen (secondary N) is 1. The lowest BCUT2D eigenvalue weighted by atomic mass is 10.1. The lowest BCUT2D eigenvalue weighted by Gasteiger charge is -2.12. The van der Waals surface area contributed by atoms with Crippen LogP contribution in [0.1, 0.15) is 17.4 Å². The second-order valence-electron chi connectivity index (χ2n) is 3.85. The summed E-state index contributed by atoms with van der Waals surface area (Å²) in [7, 11) is 0. The van der Waals surface area contributed by atoms with E-state index in [0.717, 1.165) is 11.3 Å². The van der Waals surface area contributed by atoms with Crippen LogP contribution in [-0.4, -0.2) is 16.6 Å². The van der Waals surface area contributed by atoms with Gasteiger partial charge in [0.1, 0.15) is 11.8 Å². The largest absolute Gasteiger partial charge is 0.387 e. The number of anilines is 1. The van der Waals surface area contributed by atoms with Crippen molar-refractivity contribution in [1.29, 1.82) is 5.26 Å². The van der Waals surface area contributed by atoms with Crippen LogP contribution in [0.25, 0.3) is 0 Å². The van der Waals surface area contributed by atoms with Gasteiger partial charge in [-0.3, -0.25) is 0 Å². The minimum absolute atomic E-state index is 0.379. The highest BCUT2D eigenvalue weighted by molar-refractivity contribution is 5.43. The van der Waals surface area contributed by atoms with Crippen molar-refractivity contribution in [2.75, 3.05) is 11.9 Å². The molecule has 2 aromatic rings. The van der Waals surface area contributed by atoms with Gasteiger partial charge in [0.05, 0.1) is 18.0 Å². The molecule has 0 aliphatic carbocycles. The third-order valence-corrected chi connectivity index (χ3v) is 2.56. The van der Waals surface area contributed by atoms with Crippen molar-refractivity contribution < 1.29 is 5.11 Å². The summed E-state index contributed by atoms with van der Waals surface area (Å²) in [6.45, 7) is 0.400. The van der Waals surface area contributed by atoms with E-state index < -0.39 is 6.10 Å². The molecule has 0 fully saturated rings. The quantitative estimate of drug-likeness (QED) is 0.857. The first-order valence-electron chi connectivity index (χ1n) is 5.62. The van der Waals surface area contributed by atoms with Gasteiger partial charge in [0.2, 0.25) is 0 Å². The van der Waals surface area contributed by atoms with E-state index in [1.54, 1.807) is 18.3 Å². The van der Waals surface area contributed by atoms with Crippen LogP contribution in [0.2, 0.25) is 0 Å². The Morgan fingerprint density at radius 1 is 1.22 bits per heavy atom. The Labute approximate surface area is 106 Å². The van der Waals surface area contributed by atoms with Crippen molar-refractivity contribution in [1.82, 2.24) is 4.98 Å². The Bertz CT molecular complexity index is 531. The molecule has 18 heavy (non-hydrogen) atoms. The highest BCUT2D eigenvalue weighted by Gasteiger charge is 2.06. The summed E-state index contributed by atoms with van der Waals surface area (Å²) in [5.41, 5.74) is 2.03. The number of aromatic nitrogens is 1. The van der Waals surface area contributed by atoms with Crippen molar-refractivity contribution in [3.8, 4) is 6.07 Å². The number of nitrogens with zero attached hydrogens (tertiary/aromatic N) is 2. The maximum absolute atomic E-state index is 9.95. The Morgan fingerprint density at radius 3 is 2.61 bits per heavy atom. The van der Waals surface area contributed by atoms with Crippen LogP contribution in [0.4, 0.5) is 5.69 Å². The number of hydrogen-bond acceptors (Lipinski definition) is 4. The minimum atomic E-state index is -0.568. The summed E-state index contributed by atoms with van der Waals surface area (Å²) < 4.78 is 0. The van der Waals surface area contributed by atoms with Gasteiger partial charge in [0.15, 0.2) is 0 Å². The predicted molar refractivity (Wildman–Crippen MR) is 68.8 cm³/mol. The van der Waals surface area contributed by atoms with Crippen molar-refractivity contribution >= 4 is 5.69 Å². The molecular formula is C14H13N3O. The number of nitriles is 1. The second kappa shape index (κ2) is 5.80. The molecule has 0 aliphatic heterocycles. The second-order valence-corrected chi connectivity index (χ2v) is 3.85. The van der Waals surface area contributed by atoms with E-state index >= 15 is 0 Å². The summed E-state index contributed by atoms with van der Waals surface area (Å²) in [6, 6.07) is 14.8. The molecule has 1 unspecified atom stereocenters. The van der Waals surface area contributed by atoms with Gasteiger partial charge < -0.3 is 10.4 Å². The summed E-state index contributed by atoms with van der Waals surface area (Å²) in [5, 5.41) is 21.6. The zero-order valence-corrected chi connectivity index (χ0v) is 9.74. The summed E-state index contributed by atoms with van der Waals surface area (Å²) >= 11 is 0. The monoisotopic (exact) mass is 239 g/mol. The number of pyridine rings is 1. The molecule has 0 radical (unpaired) electrons. The average molecular weight is 239 g/mol. The summed E-state index contributed by atoms with van der Waals surface area (Å²) in [5.74, 6) is 0. The van der Waals surface area contributed by atoms with Crippen LogP contribution in [0, 0.1) is 11.3 Å². The van der Waals surface area contributed by atoms with Crippen molar-refractivity contribution in [3.63, 3.8) is 0 Å². The molecule has 2 rings (SSSR count). The highest BCUT2D eigenvalue weighted by atomic mass is 16.3. The minimum Gasteiger partial charge on any atom is -0.387 e. The zero-order valence-electron chi connectivity index (χ0n) is 9.74. The first kappa shape index (κ1) is 12.1. The Balaban J connectivity index is 1.93. The fraction of sp³-hybridized carbons (Fsp3) is 0.143. The lowest BCUT2D eigenvalue weighted by molar-refractivity contribution is 0.191. The highest BCUT2D eigenvalue weighted by Crippen LogP contribution is 2.13. The Kier molecular flexibility index (Phi) is 3.90. The van der Waals surface area contributed by atoms with E-state index in [-0.39, 0.29) is 0 Å². The van der Waals surface area contributed by atoms with Gasteiger partial charge >= 0.3 is 0 Å². The third kappa shape index (κ3) is 3.06. The number of aliphatic hydroxyl groups excluding tert-OH is 1. The van der Waals surface area contributed by atoms with Crippen LogP contribution in [0.3, 0.4) is 0 Å². The predicted octanol–water partition coefficient (Wildman–Crippen LogP) is 2.10. The van der Waals surface area contributed by atoms with E-state index in [1.807, 2.05) is 36.4 Å². The van der Waals surface area contributed by atoms with Crippen LogP contribution in [0.15, 0.2) is 48.7 Å².